The van der Waals surface area contributed by atoms with Crippen LogP contribution in [0.5, 0.6) is 0 Å². The standard InChI is InChI=1S/C51H31N5O/c1-4-16-32(17-5-1)35-24-14-28-43-45(35)46-42(27-15-29-44(46)57-43)55-40-25-12-10-22-36(40)38-30-31-39-37-23-11-13-26-41(37)56(48(39)47(38)55)51-53-49(33-18-6-2-7-19-33)52-50(54-51)34-20-8-3-9-21-34/h1-31H/i1D,2D,3D,4D,5D,6D,7D,8D,9D,14D,15D,16D,17D,18D,19D,20D,21D,24D,27D,28D,29D. The summed E-state index contributed by atoms with van der Waals surface area (Å²) < 4.78 is 195. The first-order chi connectivity index (χ1) is 37.0. The number of hydrogen-bond acceptors (Lipinski definition) is 4. The minimum atomic E-state index is -0.774. The van der Waals surface area contributed by atoms with Crippen LogP contribution in [0.25, 0.3) is 111 Å². The van der Waals surface area contributed by atoms with Crippen LogP contribution in [-0.2, 0) is 0 Å². The molecule has 4 aromatic heterocycles. The molecule has 0 bridgehead atoms. The molecule has 0 atom stereocenters. The molecule has 0 fully saturated rings. The minimum Gasteiger partial charge on any atom is -0.456 e. The van der Waals surface area contributed by atoms with Gasteiger partial charge in [-0.05, 0) is 41.4 Å². The number of benzene rings is 8. The predicted octanol–water partition coefficient (Wildman–Crippen LogP) is 13.0. The molecule has 6 heteroatoms. The Hall–Kier alpha value is -7.83. The van der Waals surface area contributed by atoms with E-state index in [1.165, 1.54) is 4.57 Å². The van der Waals surface area contributed by atoms with E-state index in [0.29, 0.717) is 32.6 Å². The van der Waals surface area contributed by atoms with E-state index < -0.39 is 172 Å². The first-order valence-electron chi connectivity index (χ1n) is 27.9. The Morgan fingerprint density at radius 1 is 0.421 bits per heavy atom. The highest BCUT2D eigenvalue weighted by Crippen LogP contribution is 2.45. The molecule has 0 saturated heterocycles. The zero-order valence-electron chi connectivity index (χ0n) is 49.9. The van der Waals surface area contributed by atoms with Gasteiger partial charge < -0.3 is 8.98 Å². The molecule has 0 aliphatic rings. The summed E-state index contributed by atoms with van der Waals surface area (Å²) in [6, 6.07) is 2.10. The number of rotatable bonds is 5. The first kappa shape index (κ1) is 17.3. The van der Waals surface area contributed by atoms with Gasteiger partial charge in [-0.3, -0.25) is 4.57 Å². The number of para-hydroxylation sites is 2. The van der Waals surface area contributed by atoms with Crippen molar-refractivity contribution in [3.63, 3.8) is 0 Å². The summed E-state index contributed by atoms with van der Waals surface area (Å²) in [4.78, 5) is 14.1. The van der Waals surface area contributed by atoms with Crippen LogP contribution < -0.4 is 0 Å². The van der Waals surface area contributed by atoms with Gasteiger partial charge in [-0.15, -0.1) is 0 Å². The van der Waals surface area contributed by atoms with Crippen LogP contribution >= 0.6 is 0 Å². The van der Waals surface area contributed by atoms with Crippen molar-refractivity contribution in [1.29, 1.82) is 0 Å². The molecule has 0 aliphatic carbocycles. The summed E-state index contributed by atoms with van der Waals surface area (Å²) in [7, 11) is 0. The van der Waals surface area contributed by atoms with Crippen molar-refractivity contribution in [1.82, 2.24) is 24.1 Å². The fraction of sp³-hybridized carbons (Fsp3) is 0. The third-order valence-corrected chi connectivity index (χ3v) is 9.83. The quantitative estimate of drug-likeness (QED) is 0.176. The van der Waals surface area contributed by atoms with Gasteiger partial charge >= 0.3 is 0 Å². The lowest BCUT2D eigenvalue weighted by Gasteiger charge is -2.14. The molecular formula is C51H31N5O. The lowest BCUT2D eigenvalue weighted by Crippen LogP contribution is -2.07. The van der Waals surface area contributed by atoms with E-state index in [0.717, 1.165) is 0 Å². The summed E-state index contributed by atoms with van der Waals surface area (Å²) in [5.74, 6) is -1.46. The van der Waals surface area contributed by atoms with Crippen LogP contribution in [0.1, 0.15) is 28.8 Å². The molecule has 57 heavy (non-hydrogen) atoms. The topological polar surface area (TPSA) is 61.7 Å². The lowest BCUT2D eigenvalue weighted by atomic mass is 9.99. The maximum absolute atomic E-state index is 9.87. The molecule has 6 nitrogen and oxygen atoms in total. The summed E-state index contributed by atoms with van der Waals surface area (Å²) in [5.41, 5.74) is -1.91. The second kappa shape index (κ2) is 12.3. The highest BCUT2D eigenvalue weighted by molar-refractivity contribution is 6.25. The molecule has 0 spiro atoms. The molecule has 0 aliphatic heterocycles. The third kappa shape index (κ3) is 4.74. The highest BCUT2D eigenvalue weighted by atomic mass is 16.3. The maximum Gasteiger partial charge on any atom is 0.238 e. The van der Waals surface area contributed by atoms with Gasteiger partial charge in [0.15, 0.2) is 11.6 Å². The summed E-state index contributed by atoms with van der Waals surface area (Å²) in [5, 5.41) is 1.54. The van der Waals surface area contributed by atoms with Gasteiger partial charge in [0.25, 0.3) is 0 Å². The number of furan rings is 1. The predicted molar refractivity (Wildman–Crippen MR) is 232 cm³/mol. The average Bonchev–Trinajstić information content (AvgIpc) is 4.20. The molecule has 0 amide bonds. The molecule has 8 aromatic carbocycles. The van der Waals surface area contributed by atoms with Crippen molar-refractivity contribution in [2.24, 2.45) is 0 Å². The Balaban J connectivity index is 1.32. The summed E-state index contributed by atoms with van der Waals surface area (Å²) in [6.45, 7) is 0. The van der Waals surface area contributed by atoms with E-state index in [1.54, 1.807) is 65.2 Å². The molecular weight excluding hydrogens is 699 g/mol. The van der Waals surface area contributed by atoms with E-state index in [-0.39, 0.29) is 33.4 Å². The van der Waals surface area contributed by atoms with Gasteiger partial charge in [0.05, 0.1) is 61.9 Å². The van der Waals surface area contributed by atoms with Crippen molar-refractivity contribution in [2.75, 3.05) is 0 Å². The molecule has 0 unspecified atom stereocenters. The van der Waals surface area contributed by atoms with Crippen LogP contribution in [0.3, 0.4) is 0 Å². The molecule has 266 valence electrons. The van der Waals surface area contributed by atoms with Crippen LogP contribution in [0.15, 0.2) is 192 Å². The number of nitrogens with zero attached hydrogens (tertiary/aromatic N) is 5. The van der Waals surface area contributed by atoms with Crippen molar-refractivity contribution in [3.8, 4) is 45.5 Å². The van der Waals surface area contributed by atoms with Gasteiger partial charge in [-0.2, -0.15) is 9.97 Å². The van der Waals surface area contributed by atoms with Gasteiger partial charge in [-0.25, -0.2) is 4.98 Å². The van der Waals surface area contributed by atoms with E-state index in [2.05, 4.69) is 4.98 Å². The molecule has 0 radical (unpaired) electrons. The van der Waals surface area contributed by atoms with Crippen LogP contribution in [0, 0.1) is 0 Å². The SMILES string of the molecule is [2H]c1c([2H])c([2H])c(-c2nc(-c3c([2H])c([2H])c([2H])c([2H])c3[2H])nc(-n3c4ccccc4c4ccc5c6ccccc6n(-c6c([2H])c([2H])c([2H])c7oc8c([2H])c([2H])c([2H])c(-c9c([2H])c([2H])c([2H])c([2H])c9[2H])c8c67)c5c43)n2)c([2H])c1[2H]. The smallest absolute Gasteiger partial charge is 0.238 e. The van der Waals surface area contributed by atoms with Crippen molar-refractivity contribution in [2.45, 2.75) is 0 Å². The Bertz CT molecular complexity index is 4600. The van der Waals surface area contributed by atoms with E-state index >= 15 is 0 Å². The highest BCUT2D eigenvalue weighted by Gasteiger charge is 2.25. The normalized spacial score (nSPS) is 17.0. The minimum absolute atomic E-state index is 0.200. The molecule has 4 heterocycles. The number of hydrogen-bond donors (Lipinski definition) is 0. The van der Waals surface area contributed by atoms with Crippen LogP contribution in [-0.4, -0.2) is 24.1 Å². The van der Waals surface area contributed by atoms with Crippen LogP contribution in [0.4, 0.5) is 0 Å². The second-order valence-electron chi connectivity index (χ2n) is 12.8. The molecule has 12 rings (SSSR count). The second-order valence-corrected chi connectivity index (χ2v) is 12.8. The monoisotopic (exact) mass is 750 g/mol. The van der Waals surface area contributed by atoms with E-state index in [9.17, 15) is 5.48 Å². The fourth-order valence-corrected chi connectivity index (χ4v) is 7.58. The van der Waals surface area contributed by atoms with Gasteiger partial charge in [-0.1, -0.05) is 157 Å². The van der Waals surface area contributed by atoms with Crippen molar-refractivity contribution < 1.29 is 33.2 Å². The number of fused-ring (bicyclic) bond motifs is 10. The zero-order valence-corrected chi connectivity index (χ0v) is 28.9. The van der Waals surface area contributed by atoms with Crippen LogP contribution in [0.2, 0.25) is 0 Å². The number of aromatic nitrogens is 5. The zero-order chi connectivity index (χ0) is 55.7. The van der Waals surface area contributed by atoms with Crippen molar-refractivity contribution >= 4 is 65.6 Å². The average molecular weight is 751 g/mol. The van der Waals surface area contributed by atoms with Gasteiger partial charge in [0.2, 0.25) is 5.95 Å². The molecule has 0 N–H and O–H groups in total. The Kier molecular flexibility index (Phi) is 3.75. The van der Waals surface area contributed by atoms with Gasteiger partial charge in [0.1, 0.15) is 11.2 Å². The maximum atomic E-state index is 9.87. The Labute approximate surface area is 356 Å². The van der Waals surface area contributed by atoms with E-state index in [1.807, 2.05) is 0 Å². The lowest BCUT2D eigenvalue weighted by molar-refractivity contribution is 0.669. The fourth-order valence-electron chi connectivity index (χ4n) is 7.58. The van der Waals surface area contributed by atoms with Crippen molar-refractivity contribution in [3.05, 3.63) is 188 Å². The Morgan fingerprint density at radius 2 is 0.930 bits per heavy atom. The largest absolute Gasteiger partial charge is 0.456 e. The summed E-state index contributed by atoms with van der Waals surface area (Å²) in [6.07, 6.45) is 0. The molecule has 12 aromatic rings. The third-order valence-electron chi connectivity index (χ3n) is 9.83. The summed E-state index contributed by atoms with van der Waals surface area (Å²) >= 11 is 0. The van der Waals surface area contributed by atoms with Gasteiger partial charge in [0, 0.05) is 38.1 Å². The van der Waals surface area contributed by atoms with E-state index in [4.69, 9.17) is 37.7 Å². The Morgan fingerprint density at radius 3 is 1.54 bits per heavy atom. The molecule has 0 saturated carbocycles. The first-order valence-corrected chi connectivity index (χ1v) is 17.4.